The highest BCUT2D eigenvalue weighted by Crippen LogP contribution is 2.51. The normalized spacial score (nSPS) is 11.9. The molecule has 3 heterocycles. The third kappa shape index (κ3) is 16.9. The summed E-state index contributed by atoms with van der Waals surface area (Å²) in [5.74, 6) is 5.87. The fraction of sp³-hybridized carbons (Fsp3) is 0.0217. The van der Waals surface area contributed by atoms with Gasteiger partial charge in [-0.1, -0.05) is 475 Å². The lowest BCUT2D eigenvalue weighted by molar-refractivity contribution is 0.660. The van der Waals surface area contributed by atoms with Gasteiger partial charge in [-0.25, -0.2) is 44.9 Å². The SMILES string of the molecule is CC1(C)c2ccccc2-c2ccc(-c3nc(-c4ccccc4)nc(-c4ccc(-c5cc6ccccc6c6ccccc56)cc4)n3)cc21.c1ccc(-c2ccc(-c3nc(-c4cccc(-c5ccccc5)c4)nc(-c4ccc5c(-c6cc7ccccc7c7ccccc67)cccc5c4)n3)cc2)cc1.c1ccc(-c2nc(-c3ccc4ccccc4c3)nc(-c3ccc4ccc(-c5cc6ccccc6c6ccccc56)cc4c3)n2)cc1. The predicted molar refractivity (Wildman–Crippen MR) is 611 cm³/mol. The zero-order valence-corrected chi connectivity index (χ0v) is 80.6. The Hall–Kier alpha value is -19.4. The van der Waals surface area contributed by atoms with Crippen LogP contribution in [0.4, 0.5) is 0 Å². The summed E-state index contributed by atoms with van der Waals surface area (Å²) in [6.45, 7) is 4.60. The molecule has 24 aromatic carbocycles. The van der Waals surface area contributed by atoms with Crippen LogP contribution >= 0.6 is 0 Å². The van der Waals surface area contributed by atoms with Crippen molar-refractivity contribution in [3.05, 3.63) is 527 Å². The Balaban J connectivity index is 0.000000112. The van der Waals surface area contributed by atoms with Gasteiger partial charge in [0.15, 0.2) is 52.4 Å². The van der Waals surface area contributed by atoms with Crippen molar-refractivity contribution in [3.63, 3.8) is 0 Å². The highest BCUT2D eigenvalue weighted by atomic mass is 15.1. The van der Waals surface area contributed by atoms with Gasteiger partial charge in [-0.2, -0.15) is 0 Å². The van der Waals surface area contributed by atoms with Gasteiger partial charge in [-0.05, 0) is 229 Å². The topological polar surface area (TPSA) is 116 Å². The fourth-order valence-electron chi connectivity index (χ4n) is 21.4. The standard InChI is InChI=1S/C51H33N3.C44H31N3.C43H27N3/c1-3-13-34(14-4-1)36-25-27-37(28-26-36)49-52-50(41-20-11-18-38(31-41)35-15-5-2-6-16-35)54-51(53-49)42-29-30-44-39(32-42)19-12-24-46(44)48-33-40-17-7-8-21-43(40)45-22-9-10-23-47(45)48;1-44(2)39-19-11-10-18-36(39)37-25-24-32(27-40(37)44)43-46-41(29-12-4-3-5-13-29)45-42(47-43)30-22-20-28(21-23-30)38-26-31-14-6-7-15-33(31)34-16-8-9-17-35(34)38;1-2-11-30(12-3-1)41-44-42(34-22-19-28-10-4-5-13-31(28)24-34)46-43(45-41)35-23-20-29-18-21-33(25-36(29)26-35)40-27-32-14-6-7-15-37(32)38-16-8-9-17-39(38)40/h1-33H;3-27H,1-2H3;1-27H. The summed E-state index contributed by atoms with van der Waals surface area (Å²) in [5.41, 5.74) is 25.5. The van der Waals surface area contributed by atoms with Crippen LogP contribution in [0.15, 0.2) is 516 Å². The van der Waals surface area contributed by atoms with Crippen LogP contribution in [-0.2, 0) is 5.41 Å². The lowest BCUT2D eigenvalue weighted by atomic mass is 9.82. The summed E-state index contributed by atoms with van der Waals surface area (Å²) in [6, 6.07) is 182. The van der Waals surface area contributed by atoms with Gasteiger partial charge in [-0.15, -0.1) is 0 Å². The molecule has 0 unspecified atom stereocenters. The molecule has 0 aliphatic heterocycles. The van der Waals surface area contributed by atoms with Crippen LogP contribution in [0, 0.1) is 0 Å². The molecular formula is C138H91N9. The highest BCUT2D eigenvalue weighted by molar-refractivity contribution is 6.18. The summed E-state index contributed by atoms with van der Waals surface area (Å²) >= 11 is 0. The molecule has 27 aromatic rings. The third-order valence-electron chi connectivity index (χ3n) is 28.9. The van der Waals surface area contributed by atoms with Crippen molar-refractivity contribution in [3.8, 4) is 169 Å². The maximum absolute atomic E-state index is 5.14. The summed E-state index contributed by atoms with van der Waals surface area (Å²) in [6.07, 6.45) is 0. The molecular weight excluding hydrogens is 1780 g/mol. The molecule has 1 aliphatic rings. The minimum atomic E-state index is -0.108. The van der Waals surface area contributed by atoms with E-state index in [1.54, 1.807) is 0 Å². The van der Waals surface area contributed by atoms with Gasteiger partial charge < -0.3 is 0 Å². The molecule has 0 N–H and O–H groups in total. The molecule has 0 amide bonds. The Morgan fingerprint density at radius 2 is 0.381 bits per heavy atom. The van der Waals surface area contributed by atoms with Crippen molar-refractivity contribution >= 4 is 97.0 Å². The van der Waals surface area contributed by atoms with Gasteiger partial charge >= 0.3 is 0 Å². The fourth-order valence-corrected chi connectivity index (χ4v) is 21.4. The molecule has 688 valence electrons. The van der Waals surface area contributed by atoms with Crippen LogP contribution in [0.5, 0.6) is 0 Å². The van der Waals surface area contributed by atoms with Crippen molar-refractivity contribution in [1.82, 2.24) is 44.9 Å². The molecule has 1 aliphatic carbocycles. The van der Waals surface area contributed by atoms with E-state index in [2.05, 4.69) is 469 Å². The van der Waals surface area contributed by atoms with Crippen LogP contribution in [0.1, 0.15) is 25.0 Å². The van der Waals surface area contributed by atoms with Gasteiger partial charge in [0.1, 0.15) is 0 Å². The molecule has 0 saturated heterocycles. The molecule has 0 radical (unpaired) electrons. The number of nitrogens with zero attached hydrogens (tertiary/aromatic N) is 9. The van der Waals surface area contributed by atoms with Gasteiger partial charge in [0.05, 0.1) is 0 Å². The zero-order valence-electron chi connectivity index (χ0n) is 80.6. The summed E-state index contributed by atoms with van der Waals surface area (Å²) in [5, 5.41) is 22.0. The first-order valence-corrected chi connectivity index (χ1v) is 49.9. The smallest absolute Gasteiger partial charge is 0.164 e. The molecule has 0 spiro atoms. The van der Waals surface area contributed by atoms with E-state index in [1.807, 2.05) is 60.7 Å². The molecule has 0 saturated carbocycles. The summed E-state index contributed by atoms with van der Waals surface area (Å²) < 4.78 is 0. The highest BCUT2D eigenvalue weighted by Gasteiger charge is 2.36. The Labute approximate surface area is 851 Å². The number of hydrogen-bond acceptors (Lipinski definition) is 9. The van der Waals surface area contributed by atoms with E-state index in [1.165, 1.54) is 136 Å². The van der Waals surface area contributed by atoms with E-state index < -0.39 is 0 Å². The van der Waals surface area contributed by atoms with Gasteiger partial charge in [-0.3, -0.25) is 0 Å². The van der Waals surface area contributed by atoms with Crippen LogP contribution in [0.3, 0.4) is 0 Å². The largest absolute Gasteiger partial charge is 0.208 e. The van der Waals surface area contributed by atoms with Gasteiger partial charge in [0.25, 0.3) is 0 Å². The number of rotatable bonds is 14. The maximum Gasteiger partial charge on any atom is 0.164 e. The van der Waals surface area contributed by atoms with E-state index in [0.29, 0.717) is 52.4 Å². The second kappa shape index (κ2) is 37.6. The quantitative estimate of drug-likeness (QED) is 0.0981. The number of benzene rings is 24. The number of hydrogen-bond donors (Lipinski definition) is 0. The molecule has 0 fully saturated rings. The van der Waals surface area contributed by atoms with Gasteiger partial charge in [0.2, 0.25) is 0 Å². The van der Waals surface area contributed by atoms with Crippen molar-refractivity contribution < 1.29 is 0 Å². The molecule has 9 nitrogen and oxygen atoms in total. The van der Waals surface area contributed by atoms with Crippen LogP contribution in [0.25, 0.3) is 266 Å². The first kappa shape index (κ1) is 87.9. The maximum atomic E-state index is 5.14. The average Bonchev–Trinajstić information content (AvgIpc) is 1.56. The monoisotopic (exact) mass is 1870 g/mol. The number of fused-ring (bicyclic) bond motifs is 15. The molecule has 3 aromatic heterocycles. The minimum Gasteiger partial charge on any atom is -0.208 e. The first-order chi connectivity index (χ1) is 72.6. The first-order valence-electron chi connectivity index (χ1n) is 49.9. The Bertz CT molecular complexity index is 9820. The van der Waals surface area contributed by atoms with Crippen molar-refractivity contribution in [2.24, 2.45) is 0 Å². The van der Waals surface area contributed by atoms with E-state index >= 15 is 0 Å². The Morgan fingerprint density at radius 3 is 0.884 bits per heavy atom. The van der Waals surface area contributed by atoms with Crippen LogP contribution < -0.4 is 0 Å². The summed E-state index contributed by atoms with van der Waals surface area (Å²) in [4.78, 5) is 45.5. The lowest BCUT2D eigenvalue weighted by Gasteiger charge is -2.21. The summed E-state index contributed by atoms with van der Waals surface area (Å²) in [7, 11) is 0. The second-order valence-electron chi connectivity index (χ2n) is 38.2. The lowest BCUT2D eigenvalue weighted by Crippen LogP contribution is -2.15. The molecule has 9 heteroatoms. The Morgan fingerprint density at radius 1 is 0.116 bits per heavy atom. The molecule has 0 bridgehead atoms. The van der Waals surface area contributed by atoms with Crippen molar-refractivity contribution in [1.29, 1.82) is 0 Å². The predicted octanol–water partition coefficient (Wildman–Crippen LogP) is 35.6. The second-order valence-corrected chi connectivity index (χ2v) is 38.2. The van der Waals surface area contributed by atoms with E-state index in [0.717, 1.165) is 88.5 Å². The average molecular weight is 1880 g/mol. The molecule has 0 atom stereocenters. The van der Waals surface area contributed by atoms with Crippen molar-refractivity contribution in [2.75, 3.05) is 0 Å². The van der Waals surface area contributed by atoms with E-state index in [4.69, 9.17) is 44.9 Å². The number of aromatic nitrogens is 9. The van der Waals surface area contributed by atoms with E-state index in [-0.39, 0.29) is 5.41 Å². The minimum absolute atomic E-state index is 0.108. The third-order valence-corrected chi connectivity index (χ3v) is 28.9. The Kier molecular flexibility index (Phi) is 22.5. The van der Waals surface area contributed by atoms with E-state index in [9.17, 15) is 0 Å². The zero-order chi connectivity index (χ0) is 97.8. The molecule has 28 rings (SSSR count). The van der Waals surface area contributed by atoms with Crippen LogP contribution in [0.2, 0.25) is 0 Å². The van der Waals surface area contributed by atoms with Crippen molar-refractivity contribution in [2.45, 2.75) is 19.3 Å². The van der Waals surface area contributed by atoms with Crippen LogP contribution in [-0.4, -0.2) is 44.9 Å². The van der Waals surface area contributed by atoms with Gasteiger partial charge in [0, 0.05) is 55.5 Å². The molecule has 147 heavy (non-hydrogen) atoms.